The molecule has 2 heterocycles. The minimum Gasteiger partial charge on any atom is -0.453 e. The van der Waals surface area contributed by atoms with Gasteiger partial charge in [-0.1, -0.05) is 29.8 Å². The number of aromatic nitrogens is 1. The molecule has 3 rings (SSSR count). The lowest BCUT2D eigenvalue weighted by molar-refractivity contribution is -0.153. The maximum Gasteiger partial charge on any atom is 0.307 e. The smallest absolute Gasteiger partial charge is 0.307 e. The van der Waals surface area contributed by atoms with E-state index in [-0.39, 0.29) is 18.4 Å². The number of nitrogens with one attached hydrogen (secondary N) is 1. The van der Waals surface area contributed by atoms with E-state index in [0.717, 1.165) is 22.5 Å². The van der Waals surface area contributed by atoms with Gasteiger partial charge >= 0.3 is 5.97 Å². The first-order valence-corrected chi connectivity index (χ1v) is 10.1. The van der Waals surface area contributed by atoms with Gasteiger partial charge in [-0.3, -0.25) is 14.4 Å². The van der Waals surface area contributed by atoms with Crippen LogP contribution in [0.1, 0.15) is 35.2 Å². The second kappa shape index (κ2) is 9.36. The lowest BCUT2D eigenvalue weighted by Crippen LogP contribution is -2.30. The van der Waals surface area contributed by atoms with Gasteiger partial charge in [0.05, 0.1) is 18.2 Å². The Morgan fingerprint density at radius 1 is 1.23 bits per heavy atom. The molecule has 1 aromatic carbocycles. The number of primary amides is 1. The molecule has 0 aliphatic heterocycles. The minimum absolute atomic E-state index is 0.0109. The molecule has 3 N–H and O–H groups in total. The number of esters is 1. The van der Waals surface area contributed by atoms with Crippen molar-refractivity contribution in [3.05, 3.63) is 58.9 Å². The lowest BCUT2D eigenvalue weighted by Gasteiger charge is -2.13. The molecule has 9 heteroatoms. The van der Waals surface area contributed by atoms with E-state index in [4.69, 9.17) is 14.9 Å². The Labute approximate surface area is 177 Å². The highest BCUT2D eigenvalue weighted by atomic mass is 32.1. The largest absolute Gasteiger partial charge is 0.453 e. The first kappa shape index (κ1) is 21.3. The fourth-order valence-electron chi connectivity index (χ4n) is 2.61. The molecule has 30 heavy (non-hydrogen) atoms. The second-order valence-electron chi connectivity index (χ2n) is 6.63. The molecule has 0 aliphatic rings. The molecule has 2 aromatic heterocycles. The number of carbonyl (C=O) groups is 3. The maximum atomic E-state index is 12.2. The van der Waals surface area contributed by atoms with E-state index in [0.29, 0.717) is 16.7 Å². The summed E-state index contributed by atoms with van der Waals surface area (Å²) in [5.74, 6) is -0.732. The molecule has 1 unspecified atom stereocenters. The Hall–Kier alpha value is -3.46. The first-order valence-electron chi connectivity index (χ1n) is 9.23. The summed E-state index contributed by atoms with van der Waals surface area (Å²) >= 11 is 1.16. The molecular formula is C21H21N3O5S. The van der Waals surface area contributed by atoms with Gasteiger partial charge < -0.3 is 20.2 Å². The average molecular weight is 427 g/mol. The van der Waals surface area contributed by atoms with Crippen molar-refractivity contribution in [1.82, 2.24) is 4.98 Å². The zero-order valence-corrected chi connectivity index (χ0v) is 17.3. The molecule has 3 aromatic rings. The standard InChI is InChI=1S/C21H21N3O5S/c1-12-3-5-14(6-4-12)16-11-23-17(29-16)7-8-18(25)28-13(2)20(27)24-21-15(19(22)26)9-10-30-21/h3-6,9-11,13H,7-8H2,1-2H3,(H2,22,26)(H,24,27). The van der Waals surface area contributed by atoms with Crippen LogP contribution in [0.4, 0.5) is 5.00 Å². The predicted molar refractivity (Wildman–Crippen MR) is 112 cm³/mol. The molecular weight excluding hydrogens is 406 g/mol. The summed E-state index contributed by atoms with van der Waals surface area (Å²) in [5.41, 5.74) is 7.50. The third-order valence-corrected chi connectivity index (χ3v) is 5.11. The zero-order chi connectivity index (χ0) is 21.7. The van der Waals surface area contributed by atoms with Gasteiger partial charge in [-0.15, -0.1) is 11.3 Å². The van der Waals surface area contributed by atoms with Crippen LogP contribution >= 0.6 is 11.3 Å². The third-order valence-electron chi connectivity index (χ3n) is 4.28. The van der Waals surface area contributed by atoms with E-state index in [1.807, 2.05) is 31.2 Å². The van der Waals surface area contributed by atoms with Crippen molar-refractivity contribution in [2.75, 3.05) is 5.32 Å². The average Bonchev–Trinajstić information content (AvgIpc) is 3.36. The first-order chi connectivity index (χ1) is 14.3. The van der Waals surface area contributed by atoms with E-state index >= 15 is 0 Å². The normalized spacial score (nSPS) is 11.7. The van der Waals surface area contributed by atoms with E-state index in [9.17, 15) is 14.4 Å². The molecule has 0 aliphatic carbocycles. The minimum atomic E-state index is -1.03. The van der Waals surface area contributed by atoms with Gasteiger partial charge in [0.2, 0.25) is 0 Å². The summed E-state index contributed by atoms with van der Waals surface area (Å²) in [4.78, 5) is 39.8. The van der Waals surface area contributed by atoms with Gasteiger partial charge in [-0.25, -0.2) is 4.98 Å². The molecule has 0 radical (unpaired) electrons. The molecule has 2 amide bonds. The van der Waals surface area contributed by atoms with Crippen LogP contribution in [0.15, 0.2) is 46.3 Å². The van der Waals surface area contributed by atoms with Crippen molar-refractivity contribution in [2.24, 2.45) is 5.73 Å². The number of ether oxygens (including phenoxy) is 1. The van der Waals surface area contributed by atoms with Gasteiger partial charge in [0.15, 0.2) is 17.8 Å². The third kappa shape index (κ3) is 5.32. The highest BCUT2D eigenvalue weighted by molar-refractivity contribution is 7.14. The van der Waals surface area contributed by atoms with Crippen molar-refractivity contribution in [3.8, 4) is 11.3 Å². The van der Waals surface area contributed by atoms with Crippen LogP contribution in [0.25, 0.3) is 11.3 Å². The Balaban J connectivity index is 1.49. The number of thiophene rings is 1. The highest BCUT2D eigenvalue weighted by Crippen LogP contribution is 2.23. The Morgan fingerprint density at radius 3 is 2.67 bits per heavy atom. The molecule has 1 atom stereocenters. The second-order valence-corrected chi connectivity index (χ2v) is 7.55. The summed E-state index contributed by atoms with van der Waals surface area (Å²) < 4.78 is 10.8. The van der Waals surface area contributed by atoms with E-state index < -0.39 is 23.9 Å². The predicted octanol–water partition coefficient (Wildman–Crippen LogP) is 3.31. The number of amides is 2. The van der Waals surface area contributed by atoms with Crippen LogP contribution in [-0.2, 0) is 20.7 Å². The monoisotopic (exact) mass is 427 g/mol. The highest BCUT2D eigenvalue weighted by Gasteiger charge is 2.21. The summed E-state index contributed by atoms with van der Waals surface area (Å²) in [6.07, 6.45) is 0.832. The number of nitrogens with two attached hydrogens (primary N) is 1. The number of aryl methyl sites for hydroxylation is 2. The van der Waals surface area contributed by atoms with Crippen molar-refractivity contribution < 1.29 is 23.5 Å². The quantitative estimate of drug-likeness (QED) is 0.532. The Morgan fingerprint density at radius 2 is 1.97 bits per heavy atom. The number of hydrogen-bond acceptors (Lipinski definition) is 7. The molecule has 0 saturated carbocycles. The van der Waals surface area contributed by atoms with Crippen molar-refractivity contribution in [3.63, 3.8) is 0 Å². The summed E-state index contributed by atoms with van der Waals surface area (Å²) in [7, 11) is 0. The number of nitrogens with zero attached hydrogens (tertiary/aromatic N) is 1. The van der Waals surface area contributed by atoms with Crippen molar-refractivity contribution in [1.29, 1.82) is 0 Å². The Bertz CT molecular complexity index is 1050. The number of anilines is 1. The Kier molecular flexibility index (Phi) is 6.63. The fourth-order valence-corrected chi connectivity index (χ4v) is 3.40. The topological polar surface area (TPSA) is 125 Å². The molecule has 0 saturated heterocycles. The molecule has 8 nitrogen and oxygen atoms in total. The molecule has 0 spiro atoms. The summed E-state index contributed by atoms with van der Waals surface area (Å²) in [6, 6.07) is 9.34. The van der Waals surface area contributed by atoms with Crippen LogP contribution < -0.4 is 11.1 Å². The van der Waals surface area contributed by atoms with Crippen LogP contribution in [0.5, 0.6) is 0 Å². The van der Waals surface area contributed by atoms with Crippen LogP contribution in [0.2, 0.25) is 0 Å². The molecule has 0 fully saturated rings. The van der Waals surface area contributed by atoms with Gasteiger partial charge in [0, 0.05) is 12.0 Å². The summed E-state index contributed by atoms with van der Waals surface area (Å²) in [6.45, 7) is 3.45. The number of hydrogen-bond donors (Lipinski definition) is 2. The van der Waals surface area contributed by atoms with Crippen LogP contribution in [0.3, 0.4) is 0 Å². The lowest BCUT2D eigenvalue weighted by atomic mass is 10.1. The maximum absolute atomic E-state index is 12.2. The van der Waals surface area contributed by atoms with Crippen LogP contribution in [-0.4, -0.2) is 28.9 Å². The van der Waals surface area contributed by atoms with Crippen LogP contribution in [0, 0.1) is 6.92 Å². The molecule has 156 valence electrons. The number of benzene rings is 1. The number of carbonyl (C=O) groups excluding carboxylic acids is 3. The summed E-state index contributed by atoms with van der Waals surface area (Å²) in [5, 5.41) is 4.50. The van der Waals surface area contributed by atoms with Gasteiger partial charge in [0.25, 0.3) is 11.8 Å². The SMILES string of the molecule is Cc1ccc(-c2cnc(CCC(=O)OC(C)C(=O)Nc3sccc3C(N)=O)o2)cc1. The fraction of sp³-hybridized carbons (Fsp3) is 0.238. The van der Waals surface area contributed by atoms with Gasteiger partial charge in [-0.2, -0.15) is 0 Å². The van der Waals surface area contributed by atoms with Crippen molar-refractivity contribution >= 4 is 34.1 Å². The number of oxazole rings is 1. The van der Waals surface area contributed by atoms with Gasteiger partial charge in [0.1, 0.15) is 5.00 Å². The van der Waals surface area contributed by atoms with Gasteiger partial charge in [-0.05, 0) is 25.3 Å². The van der Waals surface area contributed by atoms with E-state index in [1.54, 1.807) is 11.6 Å². The molecule has 0 bridgehead atoms. The zero-order valence-electron chi connectivity index (χ0n) is 16.5. The number of rotatable bonds is 8. The van der Waals surface area contributed by atoms with Crippen molar-refractivity contribution in [2.45, 2.75) is 32.8 Å². The van der Waals surface area contributed by atoms with E-state index in [2.05, 4.69) is 10.3 Å². The van der Waals surface area contributed by atoms with E-state index in [1.165, 1.54) is 13.0 Å².